The summed E-state index contributed by atoms with van der Waals surface area (Å²) in [5.41, 5.74) is 0.771. The van der Waals surface area contributed by atoms with E-state index in [0.29, 0.717) is 30.2 Å². The first-order valence-electron chi connectivity index (χ1n) is 16.2. The summed E-state index contributed by atoms with van der Waals surface area (Å²) in [4.78, 5) is 27.4. The topological polar surface area (TPSA) is 121 Å². The second kappa shape index (κ2) is 15.0. The largest absolute Gasteiger partial charge is 0.616 e. The van der Waals surface area contributed by atoms with Crippen molar-refractivity contribution < 1.29 is 28.0 Å². The monoisotopic (exact) mass is 674 g/mol. The van der Waals surface area contributed by atoms with Crippen LogP contribution < -0.4 is 20.7 Å². The van der Waals surface area contributed by atoms with Crippen molar-refractivity contribution in [1.82, 2.24) is 14.2 Å². The Morgan fingerprint density at radius 2 is 1.44 bits per heavy atom. The van der Waals surface area contributed by atoms with Gasteiger partial charge in [0.05, 0.1) is 20.8 Å². The van der Waals surface area contributed by atoms with Crippen molar-refractivity contribution in [2.45, 2.75) is 56.6 Å². The van der Waals surface area contributed by atoms with Gasteiger partial charge in [-0.3, -0.25) is 14.3 Å². The van der Waals surface area contributed by atoms with E-state index in [2.05, 4.69) is 4.98 Å². The van der Waals surface area contributed by atoms with Gasteiger partial charge in [0.2, 0.25) is 0 Å². The number of nitrogens with one attached hydrogen (secondary N) is 1. The van der Waals surface area contributed by atoms with E-state index in [1.54, 1.807) is 21.1 Å². The molecule has 2 aliphatic rings. The average molecular weight is 675 g/mol. The fraction of sp³-hybridized carbons (Fsp3) is 0.389. The molecular weight excluding hydrogens is 633 g/mol. The molecule has 11 nitrogen and oxygen atoms in total. The normalized spacial score (nSPS) is 20.4. The number of methoxy groups -OCH3 is 2. The molecule has 2 aliphatic heterocycles. The molecule has 0 amide bonds. The van der Waals surface area contributed by atoms with Gasteiger partial charge < -0.3 is 18.9 Å². The number of aromatic nitrogens is 2. The molecule has 4 atom stereocenters. The van der Waals surface area contributed by atoms with E-state index in [-0.39, 0.29) is 13.0 Å². The summed E-state index contributed by atoms with van der Waals surface area (Å²) >= 11 is 0. The lowest BCUT2D eigenvalue weighted by molar-refractivity contribution is -0.0915. The quantitative estimate of drug-likeness (QED) is 0.149. The second-order valence-electron chi connectivity index (χ2n) is 12.1. The third-order valence-electron chi connectivity index (χ3n) is 9.06. The standard InChI is InChI=1S/C36H40N3O8P/c1-25-23-39(35(41)37-34(25)40)33-22-31(47-48(42)38-20-8-5-9-21-38)32(46-33)24-45-36(26-10-6-4-7-11-26,27-12-16-29(43-2)17-13-27)28-14-18-30(44-3)19-15-28/h4,6-7,10-19,23,31-33H,5,8-9,20-22,24H2,1-3H3/p+1/t31-,32+,33+/m0/s1. The van der Waals surface area contributed by atoms with Gasteiger partial charge in [-0.05, 0) is 65.3 Å². The Balaban J connectivity index is 1.39. The van der Waals surface area contributed by atoms with Crippen molar-refractivity contribution in [1.29, 1.82) is 0 Å². The van der Waals surface area contributed by atoms with Gasteiger partial charge in [0.25, 0.3) is 5.56 Å². The Labute approximate surface area is 280 Å². The van der Waals surface area contributed by atoms with E-state index < -0.39 is 43.5 Å². The van der Waals surface area contributed by atoms with Gasteiger partial charge in [-0.2, -0.15) is 0 Å². The molecule has 0 radical (unpaired) electrons. The summed E-state index contributed by atoms with van der Waals surface area (Å²) in [6.45, 7) is 3.04. The molecule has 3 aromatic carbocycles. The predicted molar refractivity (Wildman–Crippen MR) is 181 cm³/mol. The summed E-state index contributed by atoms with van der Waals surface area (Å²) in [5.74, 6) is 1.41. The maximum atomic E-state index is 13.5. The van der Waals surface area contributed by atoms with E-state index in [4.69, 9.17) is 23.5 Å². The molecule has 2 saturated heterocycles. The molecule has 0 spiro atoms. The summed E-state index contributed by atoms with van der Waals surface area (Å²) in [6.07, 6.45) is 2.57. The molecule has 6 rings (SSSR count). The minimum absolute atomic E-state index is 0.0222. The van der Waals surface area contributed by atoms with Crippen LogP contribution >= 0.6 is 8.18 Å². The van der Waals surface area contributed by atoms with Gasteiger partial charge in [-0.15, -0.1) is 4.52 Å². The smallest absolute Gasteiger partial charge is 0.497 e. The number of rotatable bonds is 12. The highest BCUT2D eigenvalue weighted by atomic mass is 31.1. The van der Waals surface area contributed by atoms with Gasteiger partial charge in [0.1, 0.15) is 35.5 Å². The van der Waals surface area contributed by atoms with E-state index >= 15 is 0 Å². The van der Waals surface area contributed by atoms with Crippen molar-refractivity contribution in [2.75, 3.05) is 33.9 Å². The highest BCUT2D eigenvalue weighted by molar-refractivity contribution is 7.36. The first kappa shape index (κ1) is 33.8. The van der Waals surface area contributed by atoms with Crippen molar-refractivity contribution in [3.05, 3.63) is 128 Å². The van der Waals surface area contributed by atoms with Crippen LogP contribution in [0.1, 0.15) is 54.2 Å². The minimum atomic E-state index is -2.15. The highest BCUT2D eigenvalue weighted by Gasteiger charge is 2.47. The van der Waals surface area contributed by atoms with Gasteiger partial charge in [-0.1, -0.05) is 65.7 Å². The molecule has 1 N–H and O–H groups in total. The van der Waals surface area contributed by atoms with Crippen molar-refractivity contribution in [3.8, 4) is 11.5 Å². The van der Waals surface area contributed by atoms with Crippen LogP contribution in [0.2, 0.25) is 0 Å². The van der Waals surface area contributed by atoms with Crippen LogP contribution in [-0.2, 0) is 24.2 Å². The Morgan fingerprint density at radius 3 is 2.02 bits per heavy atom. The first-order chi connectivity index (χ1) is 23.3. The summed E-state index contributed by atoms with van der Waals surface area (Å²) in [6, 6.07) is 25.3. The number of H-pyrrole nitrogens is 1. The maximum Gasteiger partial charge on any atom is 0.616 e. The first-order valence-corrected chi connectivity index (χ1v) is 17.3. The number of benzene rings is 3. The fourth-order valence-corrected chi connectivity index (χ4v) is 7.63. The molecule has 0 saturated carbocycles. The molecule has 3 heterocycles. The molecule has 48 heavy (non-hydrogen) atoms. The Kier molecular flexibility index (Phi) is 10.5. The molecule has 12 heteroatoms. The lowest BCUT2D eigenvalue weighted by atomic mass is 9.80. The third-order valence-corrected chi connectivity index (χ3v) is 10.4. The Hall–Kier alpha value is -4.12. The van der Waals surface area contributed by atoms with Crippen molar-refractivity contribution in [2.24, 2.45) is 0 Å². The molecule has 2 fully saturated rings. The van der Waals surface area contributed by atoms with Gasteiger partial charge in [0.15, 0.2) is 0 Å². The second-order valence-corrected chi connectivity index (χ2v) is 13.3. The molecule has 4 aromatic rings. The van der Waals surface area contributed by atoms with Crippen molar-refractivity contribution in [3.63, 3.8) is 0 Å². The zero-order valence-corrected chi connectivity index (χ0v) is 28.3. The van der Waals surface area contributed by atoms with Crippen LogP contribution in [0.5, 0.6) is 11.5 Å². The summed E-state index contributed by atoms with van der Waals surface area (Å²) in [5, 5.41) is 0. The molecule has 0 bridgehead atoms. The number of nitrogens with zero attached hydrogens (tertiary/aromatic N) is 2. The average Bonchev–Trinajstić information content (AvgIpc) is 3.53. The predicted octanol–water partition coefficient (Wildman–Crippen LogP) is 5.69. The Bertz CT molecular complexity index is 1760. The third kappa shape index (κ3) is 7.02. The van der Waals surface area contributed by atoms with Crippen LogP contribution in [0.25, 0.3) is 0 Å². The molecule has 1 aromatic heterocycles. The highest BCUT2D eigenvalue weighted by Crippen LogP contribution is 2.44. The zero-order valence-electron chi connectivity index (χ0n) is 27.4. The number of hydrogen-bond acceptors (Lipinski definition) is 8. The van der Waals surface area contributed by atoms with Gasteiger partial charge >= 0.3 is 13.9 Å². The van der Waals surface area contributed by atoms with Crippen LogP contribution in [0.3, 0.4) is 0 Å². The lowest BCUT2D eigenvalue weighted by Gasteiger charge is -2.37. The van der Waals surface area contributed by atoms with E-state index in [1.165, 1.54) is 10.8 Å². The van der Waals surface area contributed by atoms with E-state index in [9.17, 15) is 14.2 Å². The maximum absolute atomic E-state index is 13.5. The van der Waals surface area contributed by atoms with Crippen molar-refractivity contribution >= 4 is 8.18 Å². The van der Waals surface area contributed by atoms with Gasteiger partial charge in [-0.25, -0.2) is 4.79 Å². The van der Waals surface area contributed by atoms with Crippen LogP contribution in [-0.4, -0.2) is 60.3 Å². The number of piperidine rings is 1. The fourth-order valence-electron chi connectivity index (χ4n) is 6.44. The minimum Gasteiger partial charge on any atom is -0.497 e. The lowest BCUT2D eigenvalue weighted by Crippen LogP contribution is -2.38. The van der Waals surface area contributed by atoms with Crippen LogP contribution in [0.15, 0.2) is 94.6 Å². The summed E-state index contributed by atoms with van der Waals surface area (Å²) in [7, 11) is 1.09. The molecule has 252 valence electrons. The number of aryl methyl sites for hydroxylation is 1. The Morgan fingerprint density at radius 1 is 0.854 bits per heavy atom. The van der Waals surface area contributed by atoms with E-state index in [1.807, 2.05) is 83.5 Å². The number of ether oxygens (including phenoxy) is 4. The molecule has 0 aliphatic carbocycles. The molecule has 1 unspecified atom stereocenters. The number of aromatic amines is 1. The summed E-state index contributed by atoms with van der Waals surface area (Å²) < 4.78 is 47.5. The van der Waals surface area contributed by atoms with E-state index in [0.717, 1.165) is 36.0 Å². The SMILES string of the molecule is COc1ccc(C(OC[C@H]2O[C@@H](n3cc(C)c(=O)[nH]c3=O)C[C@@H]2O[P+](=O)N2CCCCC2)(c2ccccc2)c2ccc(OC)cc2)cc1. The molecular formula is C36H41N3O8P+. The zero-order chi connectivity index (χ0) is 33.7. The number of hydrogen-bond donors (Lipinski definition) is 1. The van der Waals surface area contributed by atoms with Gasteiger partial charge in [0, 0.05) is 31.3 Å². The van der Waals surface area contributed by atoms with Crippen LogP contribution in [0, 0.1) is 6.92 Å². The van der Waals surface area contributed by atoms with Crippen LogP contribution in [0.4, 0.5) is 0 Å².